The minimum absolute atomic E-state index is 0.262. The van der Waals surface area contributed by atoms with Gasteiger partial charge in [-0.2, -0.15) is 0 Å². The van der Waals surface area contributed by atoms with Crippen LogP contribution >= 0.6 is 0 Å². The summed E-state index contributed by atoms with van der Waals surface area (Å²) in [6.07, 6.45) is 3.21. The van der Waals surface area contributed by atoms with Gasteiger partial charge in [0.2, 0.25) is 0 Å². The Morgan fingerprint density at radius 3 is 2.33 bits per heavy atom. The van der Waals surface area contributed by atoms with E-state index in [-0.39, 0.29) is 4.90 Å². The first-order chi connectivity index (χ1) is 10.1. The van der Waals surface area contributed by atoms with Gasteiger partial charge in [-0.05, 0) is 36.8 Å². The van der Waals surface area contributed by atoms with Gasteiger partial charge in [0.05, 0.1) is 4.90 Å². The van der Waals surface area contributed by atoms with Crippen molar-refractivity contribution in [1.82, 2.24) is 8.96 Å². The number of rotatable bonds is 2. The highest BCUT2D eigenvalue weighted by Gasteiger charge is 2.20. The first-order valence-corrected chi connectivity index (χ1v) is 8.28. The third kappa shape index (κ3) is 2.69. The number of hydrogen-bond donors (Lipinski definition) is 0. The van der Waals surface area contributed by atoms with E-state index in [4.69, 9.17) is 0 Å². The molecule has 4 nitrogen and oxygen atoms in total. The monoisotopic (exact) mass is 302 g/mol. The Balaban J connectivity index is 0.000000774. The van der Waals surface area contributed by atoms with Crippen LogP contribution in [0.15, 0.2) is 59.8 Å². The maximum absolute atomic E-state index is 12.6. The van der Waals surface area contributed by atoms with Crippen LogP contribution in [-0.4, -0.2) is 17.4 Å². The molecule has 0 radical (unpaired) electrons. The maximum atomic E-state index is 12.6. The van der Waals surface area contributed by atoms with Crippen LogP contribution in [0, 0.1) is 6.92 Å². The number of fused-ring (bicyclic) bond motifs is 1. The molecule has 0 aliphatic rings. The van der Waals surface area contributed by atoms with E-state index in [2.05, 4.69) is 4.98 Å². The Kier molecular flexibility index (Phi) is 4.43. The van der Waals surface area contributed by atoms with Crippen molar-refractivity contribution in [2.24, 2.45) is 0 Å². The second kappa shape index (κ2) is 6.10. The second-order valence-corrected chi connectivity index (χ2v) is 6.12. The minimum atomic E-state index is -3.59. The van der Waals surface area contributed by atoms with Crippen molar-refractivity contribution in [3.63, 3.8) is 0 Å². The number of aryl methyl sites for hydroxylation is 1. The molecule has 0 aliphatic carbocycles. The van der Waals surface area contributed by atoms with Gasteiger partial charge in [0.25, 0.3) is 10.0 Å². The molecular weight excluding hydrogens is 284 g/mol. The first kappa shape index (κ1) is 15.3. The molecule has 0 amide bonds. The van der Waals surface area contributed by atoms with Gasteiger partial charge in [-0.25, -0.2) is 17.4 Å². The molecule has 0 bridgehead atoms. The van der Waals surface area contributed by atoms with Gasteiger partial charge in [0.15, 0.2) is 5.65 Å². The number of nitrogens with zero attached hydrogens (tertiary/aromatic N) is 2. The predicted octanol–water partition coefficient (Wildman–Crippen LogP) is 3.61. The molecule has 0 atom stereocenters. The van der Waals surface area contributed by atoms with Crippen LogP contribution in [0.1, 0.15) is 19.4 Å². The van der Waals surface area contributed by atoms with Crippen LogP contribution in [0.25, 0.3) is 11.0 Å². The van der Waals surface area contributed by atoms with E-state index >= 15 is 0 Å². The van der Waals surface area contributed by atoms with Crippen LogP contribution in [0.5, 0.6) is 0 Å². The van der Waals surface area contributed by atoms with Crippen LogP contribution in [-0.2, 0) is 10.0 Å². The van der Waals surface area contributed by atoms with Gasteiger partial charge in [-0.1, -0.05) is 32.0 Å². The number of benzene rings is 1. The fourth-order valence-corrected chi connectivity index (χ4v) is 3.47. The molecule has 0 spiro atoms. The quantitative estimate of drug-likeness (QED) is 0.726. The molecule has 0 saturated carbocycles. The Hall–Kier alpha value is -2.14. The highest BCUT2D eigenvalue weighted by atomic mass is 32.2. The van der Waals surface area contributed by atoms with Gasteiger partial charge in [-0.15, -0.1) is 0 Å². The SMILES string of the molecule is CC.Cc1cn(S(=O)(=O)c2ccccc2)c2ncccc12. The lowest BCUT2D eigenvalue weighted by Gasteiger charge is -2.06. The number of pyridine rings is 1. The molecule has 5 heteroatoms. The standard InChI is InChI=1S/C14H12N2O2S.C2H6/c1-11-10-16(14-13(11)8-5-9-15-14)19(17,18)12-6-3-2-4-7-12;1-2/h2-10H,1H3;1-2H3. The molecular formula is C16H18N2O2S. The van der Waals surface area contributed by atoms with Crippen LogP contribution in [0.3, 0.4) is 0 Å². The minimum Gasteiger partial charge on any atom is -0.237 e. The maximum Gasteiger partial charge on any atom is 0.269 e. The summed E-state index contributed by atoms with van der Waals surface area (Å²) in [5.41, 5.74) is 1.35. The van der Waals surface area contributed by atoms with Crippen molar-refractivity contribution in [2.45, 2.75) is 25.7 Å². The van der Waals surface area contributed by atoms with Gasteiger partial charge in [0.1, 0.15) is 0 Å². The lowest BCUT2D eigenvalue weighted by Crippen LogP contribution is -2.12. The largest absolute Gasteiger partial charge is 0.269 e. The van der Waals surface area contributed by atoms with E-state index in [1.165, 1.54) is 3.97 Å². The molecule has 2 heterocycles. The van der Waals surface area contributed by atoms with Crippen molar-refractivity contribution in [1.29, 1.82) is 0 Å². The number of hydrogen-bond acceptors (Lipinski definition) is 3. The fraction of sp³-hybridized carbons (Fsp3) is 0.188. The average Bonchev–Trinajstić information content (AvgIpc) is 2.89. The van der Waals surface area contributed by atoms with Crippen LogP contribution < -0.4 is 0 Å². The van der Waals surface area contributed by atoms with Crippen molar-refractivity contribution in [3.8, 4) is 0 Å². The summed E-state index contributed by atoms with van der Waals surface area (Å²) >= 11 is 0. The summed E-state index contributed by atoms with van der Waals surface area (Å²) in [4.78, 5) is 4.44. The molecule has 21 heavy (non-hydrogen) atoms. The highest BCUT2D eigenvalue weighted by Crippen LogP contribution is 2.23. The predicted molar refractivity (Wildman–Crippen MR) is 84.8 cm³/mol. The first-order valence-electron chi connectivity index (χ1n) is 6.84. The van der Waals surface area contributed by atoms with E-state index in [0.717, 1.165) is 10.9 Å². The third-order valence-corrected chi connectivity index (χ3v) is 4.70. The molecule has 1 aromatic carbocycles. The summed E-state index contributed by atoms with van der Waals surface area (Å²) in [5.74, 6) is 0. The summed E-state index contributed by atoms with van der Waals surface area (Å²) in [6, 6.07) is 12.0. The summed E-state index contributed by atoms with van der Waals surface area (Å²) in [6.45, 7) is 5.88. The van der Waals surface area contributed by atoms with Gasteiger partial charge < -0.3 is 0 Å². The zero-order valence-electron chi connectivity index (χ0n) is 12.3. The van der Waals surface area contributed by atoms with Crippen LogP contribution in [0.2, 0.25) is 0 Å². The van der Waals surface area contributed by atoms with E-state index in [0.29, 0.717) is 5.65 Å². The van der Waals surface area contributed by atoms with E-state index in [9.17, 15) is 8.42 Å². The van der Waals surface area contributed by atoms with Gasteiger partial charge in [-0.3, -0.25) is 0 Å². The smallest absolute Gasteiger partial charge is 0.237 e. The number of aromatic nitrogens is 2. The highest BCUT2D eigenvalue weighted by molar-refractivity contribution is 7.90. The molecule has 0 fully saturated rings. The lowest BCUT2D eigenvalue weighted by molar-refractivity contribution is 0.588. The van der Waals surface area contributed by atoms with Crippen molar-refractivity contribution in [3.05, 3.63) is 60.4 Å². The Bertz CT molecular complexity index is 837. The van der Waals surface area contributed by atoms with E-state index in [1.807, 2.05) is 26.8 Å². The Morgan fingerprint density at radius 1 is 1.00 bits per heavy atom. The molecule has 0 saturated heterocycles. The average molecular weight is 302 g/mol. The van der Waals surface area contributed by atoms with E-state index in [1.54, 1.807) is 48.8 Å². The lowest BCUT2D eigenvalue weighted by atomic mass is 10.2. The molecule has 110 valence electrons. The Morgan fingerprint density at radius 2 is 1.67 bits per heavy atom. The fourth-order valence-electron chi connectivity index (χ4n) is 2.08. The zero-order chi connectivity index (χ0) is 15.5. The molecule has 0 aliphatic heterocycles. The summed E-state index contributed by atoms with van der Waals surface area (Å²) in [7, 11) is -3.59. The molecule has 0 unspecified atom stereocenters. The summed E-state index contributed by atoms with van der Waals surface area (Å²) in [5, 5.41) is 0.849. The topological polar surface area (TPSA) is 52.0 Å². The second-order valence-electron chi connectivity index (χ2n) is 4.30. The van der Waals surface area contributed by atoms with E-state index < -0.39 is 10.0 Å². The van der Waals surface area contributed by atoms with Crippen molar-refractivity contribution < 1.29 is 8.42 Å². The van der Waals surface area contributed by atoms with Crippen molar-refractivity contribution >= 4 is 21.1 Å². The van der Waals surface area contributed by atoms with Crippen molar-refractivity contribution in [2.75, 3.05) is 0 Å². The van der Waals surface area contributed by atoms with Crippen LogP contribution in [0.4, 0.5) is 0 Å². The van der Waals surface area contributed by atoms with Gasteiger partial charge in [0, 0.05) is 17.8 Å². The third-order valence-electron chi connectivity index (χ3n) is 3.03. The normalized spacial score (nSPS) is 11.0. The molecule has 3 aromatic rings. The molecule has 0 N–H and O–H groups in total. The molecule has 3 rings (SSSR count). The molecule has 2 aromatic heterocycles. The zero-order valence-corrected chi connectivity index (χ0v) is 13.1. The van der Waals surface area contributed by atoms with Gasteiger partial charge >= 0.3 is 0 Å². The summed E-state index contributed by atoms with van der Waals surface area (Å²) < 4.78 is 26.4. The Labute approximate surface area is 125 Å².